The number of hydrogen-bond donors (Lipinski definition) is 2. The van der Waals surface area contributed by atoms with Crippen molar-refractivity contribution in [3.63, 3.8) is 0 Å². The largest absolute Gasteiger partial charge is 0.350 e. The Balaban J connectivity index is 1.94. The maximum atomic E-state index is 12.4. The maximum absolute atomic E-state index is 12.4. The smallest absolute Gasteiger partial charge is 0.221 e. The lowest BCUT2D eigenvalue weighted by molar-refractivity contribution is -0.124. The molecule has 1 amide bonds. The van der Waals surface area contributed by atoms with Gasteiger partial charge in [-0.25, -0.2) is 0 Å². The number of carbonyl (C=O) groups is 1. The number of nitrogens with one attached hydrogen (secondary N) is 1. The van der Waals surface area contributed by atoms with E-state index in [1.165, 1.54) is 24.8 Å². The van der Waals surface area contributed by atoms with E-state index in [-0.39, 0.29) is 17.4 Å². The van der Waals surface area contributed by atoms with E-state index in [0.29, 0.717) is 13.0 Å². The minimum atomic E-state index is 0.0364. The summed E-state index contributed by atoms with van der Waals surface area (Å²) in [6, 6.07) is 8.36. The summed E-state index contributed by atoms with van der Waals surface area (Å²) in [5.41, 5.74) is 8.39. The average molecular weight is 288 g/mol. The molecule has 2 rings (SSSR count). The molecule has 1 saturated carbocycles. The fourth-order valence-corrected chi connectivity index (χ4v) is 3.41. The molecule has 0 aliphatic heterocycles. The van der Waals surface area contributed by atoms with Crippen LogP contribution in [0.4, 0.5) is 0 Å². The molecule has 1 aromatic carbocycles. The highest BCUT2D eigenvalue weighted by atomic mass is 16.1. The van der Waals surface area contributed by atoms with Crippen LogP contribution in [0.2, 0.25) is 0 Å². The van der Waals surface area contributed by atoms with Crippen molar-refractivity contribution in [2.45, 2.75) is 58.4 Å². The van der Waals surface area contributed by atoms with Crippen molar-refractivity contribution >= 4 is 5.91 Å². The third kappa shape index (κ3) is 4.31. The van der Waals surface area contributed by atoms with Crippen molar-refractivity contribution in [3.05, 3.63) is 35.4 Å². The molecule has 0 unspecified atom stereocenters. The molecule has 1 aliphatic carbocycles. The highest BCUT2D eigenvalue weighted by Crippen LogP contribution is 2.38. The van der Waals surface area contributed by atoms with Gasteiger partial charge in [0.15, 0.2) is 0 Å². The van der Waals surface area contributed by atoms with E-state index in [2.05, 4.69) is 30.4 Å². The van der Waals surface area contributed by atoms with Crippen LogP contribution >= 0.6 is 0 Å². The number of benzene rings is 1. The number of carbonyl (C=O) groups excluding carboxylic acids is 1. The third-order valence-corrected chi connectivity index (χ3v) is 4.80. The van der Waals surface area contributed by atoms with Gasteiger partial charge in [0.1, 0.15) is 0 Å². The van der Waals surface area contributed by atoms with Crippen LogP contribution in [0.25, 0.3) is 0 Å². The van der Waals surface area contributed by atoms with Crippen LogP contribution in [-0.2, 0) is 4.79 Å². The highest BCUT2D eigenvalue weighted by Gasteiger charge is 2.33. The number of amides is 1. The van der Waals surface area contributed by atoms with Gasteiger partial charge >= 0.3 is 0 Å². The second-order valence-electron chi connectivity index (χ2n) is 6.64. The van der Waals surface area contributed by atoms with Crippen molar-refractivity contribution in [2.24, 2.45) is 11.1 Å². The molecular formula is C18H28N2O. The van der Waals surface area contributed by atoms with Crippen molar-refractivity contribution in [2.75, 3.05) is 6.54 Å². The van der Waals surface area contributed by atoms with Crippen LogP contribution in [0.3, 0.4) is 0 Å². The average Bonchev–Trinajstić information content (AvgIpc) is 2.48. The van der Waals surface area contributed by atoms with Crippen LogP contribution < -0.4 is 11.1 Å². The second-order valence-corrected chi connectivity index (χ2v) is 6.64. The van der Waals surface area contributed by atoms with Crippen LogP contribution in [-0.4, -0.2) is 12.5 Å². The second kappa shape index (κ2) is 7.08. The van der Waals surface area contributed by atoms with Crippen LogP contribution in [0.15, 0.2) is 24.3 Å². The molecule has 0 heterocycles. The molecule has 1 aliphatic rings. The molecular weight excluding hydrogens is 260 g/mol. The van der Waals surface area contributed by atoms with E-state index in [0.717, 1.165) is 18.4 Å². The van der Waals surface area contributed by atoms with Gasteiger partial charge in [-0.05, 0) is 44.2 Å². The summed E-state index contributed by atoms with van der Waals surface area (Å²) in [5, 5.41) is 3.14. The predicted octanol–water partition coefficient (Wildman–Crippen LogP) is 3.47. The van der Waals surface area contributed by atoms with E-state index >= 15 is 0 Å². The molecule has 0 bridgehead atoms. The maximum Gasteiger partial charge on any atom is 0.221 e. The first kappa shape index (κ1) is 16.0. The first-order valence-electron chi connectivity index (χ1n) is 8.11. The molecule has 1 atom stereocenters. The quantitative estimate of drug-likeness (QED) is 0.871. The Kier molecular flexibility index (Phi) is 5.40. The molecule has 1 aromatic rings. The molecule has 116 valence electrons. The van der Waals surface area contributed by atoms with E-state index in [4.69, 9.17) is 5.73 Å². The molecule has 3 heteroatoms. The normalized spacial score (nSPS) is 19.0. The zero-order valence-electron chi connectivity index (χ0n) is 13.3. The van der Waals surface area contributed by atoms with Crippen molar-refractivity contribution < 1.29 is 4.79 Å². The van der Waals surface area contributed by atoms with Crippen LogP contribution in [0.5, 0.6) is 0 Å². The Labute approximate surface area is 128 Å². The molecule has 3 N–H and O–H groups in total. The number of hydrogen-bond acceptors (Lipinski definition) is 2. The highest BCUT2D eigenvalue weighted by molar-refractivity contribution is 5.77. The van der Waals surface area contributed by atoms with Crippen molar-refractivity contribution in [1.82, 2.24) is 5.32 Å². The van der Waals surface area contributed by atoms with Crippen LogP contribution in [0.1, 0.15) is 62.6 Å². The minimum Gasteiger partial charge on any atom is -0.350 e. The fourth-order valence-electron chi connectivity index (χ4n) is 3.41. The summed E-state index contributed by atoms with van der Waals surface area (Å²) in [7, 11) is 0. The molecule has 1 fully saturated rings. The van der Waals surface area contributed by atoms with Gasteiger partial charge in [0.25, 0.3) is 0 Å². The van der Waals surface area contributed by atoms with Gasteiger partial charge in [-0.3, -0.25) is 4.79 Å². The SMILES string of the molecule is Cc1cccc([C@@H](C)NC(=O)CC2(CN)CCCCC2)c1. The number of aryl methyl sites for hydroxylation is 1. The lowest BCUT2D eigenvalue weighted by Crippen LogP contribution is -2.39. The predicted molar refractivity (Wildman–Crippen MR) is 86.9 cm³/mol. The Morgan fingerprint density at radius 3 is 2.67 bits per heavy atom. The van der Waals surface area contributed by atoms with Crippen molar-refractivity contribution in [1.29, 1.82) is 0 Å². The topological polar surface area (TPSA) is 55.1 Å². The lowest BCUT2D eigenvalue weighted by atomic mass is 9.71. The van der Waals surface area contributed by atoms with Gasteiger partial charge in [-0.1, -0.05) is 49.1 Å². The Hall–Kier alpha value is -1.35. The molecule has 3 nitrogen and oxygen atoms in total. The van der Waals surface area contributed by atoms with E-state index in [9.17, 15) is 4.79 Å². The Bertz CT molecular complexity index is 478. The molecule has 21 heavy (non-hydrogen) atoms. The third-order valence-electron chi connectivity index (χ3n) is 4.80. The summed E-state index contributed by atoms with van der Waals surface area (Å²) >= 11 is 0. The number of nitrogens with two attached hydrogens (primary N) is 1. The van der Waals surface area contributed by atoms with Gasteiger partial charge in [-0.15, -0.1) is 0 Å². The molecule has 0 saturated heterocycles. The van der Waals surface area contributed by atoms with Crippen molar-refractivity contribution in [3.8, 4) is 0 Å². The summed E-state index contributed by atoms with van der Waals surface area (Å²) in [6.45, 7) is 4.74. The molecule has 0 spiro atoms. The van der Waals surface area contributed by atoms with Gasteiger partial charge in [-0.2, -0.15) is 0 Å². The van der Waals surface area contributed by atoms with Gasteiger partial charge in [0, 0.05) is 6.42 Å². The first-order chi connectivity index (χ1) is 10.0. The zero-order valence-corrected chi connectivity index (χ0v) is 13.3. The summed E-state index contributed by atoms with van der Waals surface area (Å²) < 4.78 is 0. The first-order valence-corrected chi connectivity index (χ1v) is 8.11. The standard InChI is InChI=1S/C18H28N2O/c1-14-7-6-8-16(11-14)15(2)20-17(21)12-18(13-19)9-4-3-5-10-18/h6-8,11,15H,3-5,9-10,12-13,19H2,1-2H3,(H,20,21)/t15-/m1/s1. The summed E-state index contributed by atoms with van der Waals surface area (Å²) in [5.74, 6) is 0.136. The zero-order chi connectivity index (χ0) is 15.3. The van der Waals surface area contributed by atoms with E-state index in [1.807, 2.05) is 13.0 Å². The fraction of sp³-hybridized carbons (Fsp3) is 0.611. The molecule has 0 aromatic heterocycles. The number of rotatable bonds is 5. The summed E-state index contributed by atoms with van der Waals surface area (Å²) in [6.07, 6.45) is 6.45. The van der Waals surface area contributed by atoms with E-state index in [1.54, 1.807) is 0 Å². The molecule has 0 radical (unpaired) electrons. The minimum absolute atomic E-state index is 0.0364. The van der Waals surface area contributed by atoms with Gasteiger partial charge in [0.2, 0.25) is 5.91 Å². The Morgan fingerprint density at radius 1 is 1.33 bits per heavy atom. The lowest BCUT2D eigenvalue weighted by Gasteiger charge is -2.36. The monoisotopic (exact) mass is 288 g/mol. The van der Waals surface area contributed by atoms with Gasteiger partial charge in [0.05, 0.1) is 6.04 Å². The van der Waals surface area contributed by atoms with Gasteiger partial charge < -0.3 is 11.1 Å². The van der Waals surface area contributed by atoms with Crippen LogP contribution in [0, 0.1) is 12.3 Å². The summed E-state index contributed by atoms with van der Waals surface area (Å²) in [4.78, 5) is 12.4. The Morgan fingerprint density at radius 2 is 2.05 bits per heavy atom. The van der Waals surface area contributed by atoms with E-state index < -0.39 is 0 Å².